The zero-order valence-electron chi connectivity index (χ0n) is 11.3. The van der Waals surface area contributed by atoms with Crippen LogP contribution in [-0.4, -0.2) is 4.55 Å². The fourth-order valence-corrected chi connectivity index (χ4v) is 3.02. The molecule has 1 unspecified atom stereocenters. The van der Waals surface area contributed by atoms with Crippen LogP contribution in [0.1, 0.15) is 16.7 Å². The van der Waals surface area contributed by atoms with Gasteiger partial charge < -0.3 is 4.55 Å². The molecule has 1 nitrogen and oxygen atoms in total. The number of hydrogen-bond donors (Lipinski definition) is 0. The van der Waals surface area contributed by atoms with E-state index in [1.807, 2.05) is 24.3 Å². The van der Waals surface area contributed by atoms with Crippen molar-refractivity contribution in [3.8, 4) is 0 Å². The Morgan fingerprint density at radius 2 is 1.68 bits per heavy atom. The molecule has 116 valence electrons. The molecule has 0 bridgehead atoms. The average molecular weight is 389 g/mol. The lowest BCUT2D eigenvalue weighted by atomic mass is 10.1. The molecule has 2 rings (SSSR count). The quantitative estimate of drug-likeness (QED) is 0.644. The van der Waals surface area contributed by atoms with Crippen molar-refractivity contribution in [2.45, 2.75) is 11.9 Å². The standard InChI is InChI=1S/C16H12BrF3OS/c17-14-7-5-12(6-8-14)11-22(21)10-9-13-3-1-2-4-15(13)16(18,19)20/h1-10H,11H2/b10-9+. The smallest absolute Gasteiger partial charge is 0.416 e. The molecule has 0 aliphatic heterocycles. The van der Waals surface area contributed by atoms with Gasteiger partial charge in [0.2, 0.25) is 0 Å². The predicted octanol–water partition coefficient (Wildman–Crippen LogP) is 5.39. The Labute approximate surface area is 138 Å². The van der Waals surface area contributed by atoms with E-state index < -0.39 is 22.9 Å². The predicted molar refractivity (Wildman–Crippen MR) is 86.5 cm³/mol. The van der Waals surface area contributed by atoms with Crippen LogP contribution in [0.5, 0.6) is 0 Å². The van der Waals surface area contributed by atoms with Crippen LogP contribution in [0.25, 0.3) is 6.08 Å². The Kier molecular flexibility index (Phi) is 5.72. The molecular weight excluding hydrogens is 377 g/mol. The Morgan fingerprint density at radius 3 is 2.32 bits per heavy atom. The van der Waals surface area contributed by atoms with E-state index in [1.54, 1.807) is 0 Å². The van der Waals surface area contributed by atoms with Crippen molar-refractivity contribution >= 4 is 33.2 Å². The molecule has 6 heteroatoms. The second-order valence-electron chi connectivity index (χ2n) is 4.54. The van der Waals surface area contributed by atoms with Gasteiger partial charge in [0.05, 0.1) is 5.56 Å². The van der Waals surface area contributed by atoms with Gasteiger partial charge in [0.15, 0.2) is 0 Å². The average Bonchev–Trinajstić information content (AvgIpc) is 2.47. The van der Waals surface area contributed by atoms with Crippen LogP contribution >= 0.6 is 15.9 Å². The lowest BCUT2D eigenvalue weighted by Gasteiger charge is -2.10. The minimum atomic E-state index is -4.42. The molecule has 2 aromatic carbocycles. The molecule has 0 saturated heterocycles. The molecule has 0 N–H and O–H groups in total. The summed E-state index contributed by atoms with van der Waals surface area (Å²) in [5.41, 5.74) is 0.140. The van der Waals surface area contributed by atoms with Gasteiger partial charge in [-0.2, -0.15) is 13.2 Å². The molecule has 0 aromatic heterocycles. The molecular formula is C16H12BrF3OS. The van der Waals surface area contributed by atoms with Gasteiger partial charge in [-0.1, -0.05) is 46.3 Å². The van der Waals surface area contributed by atoms with Gasteiger partial charge in [-0.3, -0.25) is 0 Å². The van der Waals surface area contributed by atoms with Crippen LogP contribution in [0, 0.1) is 0 Å². The maximum Gasteiger partial charge on any atom is 0.416 e. The topological polar surface area (TPSA) is 23.1 Å². The van der Waals surface area contributed by atoms with Crippen molar-refractivity contribution in [3.63, 3.8) is 0 Å². The molecule has 22 heavy (non-hydrogen) atoms. The lowest BCUT2D eigenvalue weighted by molar-refractivity contribution is -0.137. The third-order valence-electron chi connectivity index (χ3n) is 2.89. The molecule has 0 aliphatic rings. The summed E-state index contributed by atoms with van der Waals surface area (Å²) in [7, 11) is 0. The maximum atomic E-state index is 12.8. The van der Waals surface area contributed by atoms with E-state index in [-0.39, 0.29) is 11.3 Å². The molecule has 0 aliphatic carbocycles. The molecule has 0 fully saturated rings. The highest BCUT2D eigenvalue weighted by atomic mass is 79.9. The highest BCUT2D eigenvalue weighted by molar-refractivity contribution is 9.10. The summed E-state index contributed by atoms with van der Waals surface area (Å²) in [6.07, 6.45) is -3.16. The van der Waals surface area contributed by atoms with Gasteiger partial charge >= 0.3 is 6.18 Å². The SMILES string of the molecule is [O-][S+](/C=C/c1ccccc1C(F)(F)F)Cc1ccc(Br)cc1. The summed E-state index contributed by atoms with van der Waals surface area (Å²) in [6.45, 7) is 0. The summed E-state index contributed by atoms with van der Waals surface area (Å²) in [5.74, 6) is 0.262. The van der Waals surface area contributed by atoms with E-state index in [4.69, 9.17) is 0 Å². The molecule has 0 spiro atoms. The summed E-state index contributed by atoms with van der Waals surface area (Å²) < 4.78 is 51.4. The zero-order chi connectivity index (χ0) is 16.2. The number of alkyl halides is 3. The summed E-state index contributed by atoms with van der Waals surface area (Å²) in [4.78, 5) is 0. The Balaban J connectivity index is 2.10. The summed E-state index contributed by atoms with van der Waals surface area (Å²) in [5, 5.41) is 1.30. The monoisotopic (exact) mass is 388 g/mol. The van der Waals surface area contributed by atoms with Gasteiger partial charge in [0, 0.05) is 10.0 Å². The fourth-order valence-electron chi connectivity index (χ4n) is 1.84. The minimum Gasteiger partial charge on any atom is -0.612 e. The van der Waals surface area contributed by atoms with Gasteiger partial charge in [-0.15, -0.1) is 0 Å². The van der Waals surface area contributed by atoms with Crippen LogP contribution in [0.3, 0.4) is 0 Å². The molecule has 0 radical (unpaired) electrons. The van der Waals surface area contributed by atoms with Crippen LogP contribution < -0.4 is 0 Å². The normalized spacial score (nSPS) is 13.5. The summed E-state index contributed by atoms with van der Waals surface area (Å²) in [6, 6.07) is 12.5. The first kappa shape index (κ1) is 17.1. The molecule has 0 saturated carbocycles. The lowest BCUT2D eigenvalue weighted by Crippen LogP contribution is -2.07. The van der Waals surface area contributed by atoms with E-state index in [1.165, 1.54) is 29.7 Å². The van der Waals surface area contributed by atoms with Crippen LogP contribution in [-0.2, 0) is 23.1 Å². The first-order valence-corrected chi connectivity index (χ1v) is 8.50. The number of halogens is 4. The molecule has 0 heterocycles. The number of benzene rings is 2. The van der Waals surface area contributed by atoms with Crippen molar-refractivity contribution in [3.05, 3.63) is 75.1 Å². The number of hydrogen-bond acceptors (Lipinski definition) is 1. The van der Waals surface area contributed by atoms with E-state index in [0.717, 1.165) is 16.1 Å². The van der Waals surface area contributed by atoms with E-state index in [2.05, 4.69) is 15.9 Å². The third kappa shape index (κ3) is 4.90. The molecule has 0 amide bonds. The largest absolute Gasteiger partial charge is 0.612 e. The van der Waals surface area contributed by atoms with Gasteiger partial charge in [0.25, 0.3) is 0 Å². The third-order valence-corrected chi connectivity index (χ3v) is 4.47. The highest BCUT2D eigenvalue weighted by Gasteiger charge is 2.32. The molecule has 2 aromatic rings. The zero-order valence-corrected chi connectivity index (χ0v) is 13.7. The van der Waals surface area contributed by atoms with E-state index in [0.29, 0.717) is 0 Å². The Bertz CT molecular complexity index is 653. The van der Waals surface area contributed by atoms with E-state index in [9.17, 15) is 17.7 Å². The maximum absolute atomic E-state index is 12.8. The Morgan fingerprint density at radius 1 is 1.05 bits per heavy atom. The highest BCUT2D eigenvalue weighted by Crippen LogP contribution is 2.32. The van der Waals surface area contributed by atoms with Gasteiger partial charge in [-0.25, -0.2) is 0 Å². The molecule has 1 atom stereocenters. The second-order valence-corrected chi connectivity index (χ2v) is 6.78. The van der Waals surface area contributed by atoms with Crippen LogP contribution in [0.2, 0.25) is 0 Å². The van der Waals surface area contributed by atoms with Gasteiger partial charge in [0.1, 0.15) is 11.2 Å². The first-order valence-electron chi connectivity index (χ1n) is 6.32. The van der Waals surface area contributed by atoms with Crippen molar-refractivity contribution in [2.24, 2.45) is 0 Å². The minimum absolute atomic E-state index is 0.0131. The van der Waals surface area contributed by atoms with Crippen molar-refractivity contribution in [2.75, 3.05) is 0 Å². The van der Waals surface area contributed by atoms with Crippen molar-refractivity contribution in [1.82, 2.24) is 0 Å². The van der Waals surface area contributed by atoms with Gasteiger partial charge in [-0.05, 0) is 41.0 Å². The van der Waals surface area contributed by atoms with Crippen molar-refractivity contribution < 1.29 is 17.7 Å². The Hall–Kier alpha value is -1.24. The van der Waals surface area contributed by atoms with E-state index >= 15 is 0 Å². The number of rotatable bonds is 4. The van der Waals surface area contributed by atoms with Crippen molar-refractivity contribution in [1.29, 1.82) is 0 Å². The second kappa shape index (κ2) is 7.35. The summed E-state index contributed by atoms with van der Waals surface area (Å²) >= 11 is 1.93. The fraction of sp³-hybridized carbons (Fsp3) is 0.125. The van der Waals surface area contributed by atoms with Crippen LogP contribution in [0.4, 0.5) is 13.2 Å². The van der Waals surface area contributed by atoms with Crippen LogP contribution in [0.15, 0.2) is 58.4 Å². The first-order chi connectivity index (χ1) is 10.4.